The number of anilines is 1. The number of nitrogens with zero attached hydrogens (tertiary/aromatic N) is 2. The molecule has 1 saturated heterocycles. The van der Waals surface area contributed by atoms with Gasteiger partial charge in [-0.1, -0.05) is 25.0 Å². The number of hydrogen-bond acceptors (Lipinski definition) is 3. The molecule has 0 radical (unpaired) electrons. The van der Waals surface area contributed by atoms with Crippen LogP contribution in [0.3, 0.4) is 0 Å². The van der Waals surface area contributed by atoms with Gasteiger partial charge in [0, 0.05) is 18.8 Å². The maximum Gasteiger partial charge on any atom is 0.0538 e. The third-order valence-corrected chi connectivity index (χ3v) is 3.09. The van der Waals surface area contributed by atoms with Gasteiger partial charge in [0.15, 0.2) is 0 Å². The number of benzene rings is 1. The van der Waals surface area contributed by atoms with Crippen LogP contribution in [0.1, 0.15) is 31.2 Å². The highest BCUT2D eigenvalue weighted by Gasteiger charge is 2.08. The van der Waals surface area contributed by atoms with E-state index in [1.165, 1.54) is 44.5 Å². The van der Waals surface area contributed by atoms with Gasteiger partial charge in [-0.2, -0.15) is 5.10 Å². The first-order valence-corrected chi connectivity index (χ1v) is 5.98. The Bertz CT molecular complexity index is 335. The van der Waals surface area contributed by atoms with Crippen molar-refractivity contribution in [1.82, 2.24) is 0 Å². The van der Waals surface area contributed by atoms with E-state index in [-0.39, 0.29) is 0 Å². The van der Waals surface area contributed by atoms with Crippen LogP contribution >= 0.6 is 0 Å². The minimum atomic E-state index is 1.06. The zero-order chi connectivity index (χ0) is 11.2. The molecule has 1 aliphatic rings. The van der Waals surface area contributed by atoms with Crippen LogP contribution in [0.15, 0.2) is 29.4 Å². The molecule has 1 fully saturated rings. The van der Waals surface area contributed by atoms with Crippen LogP contribution in [0, 0.1) is 0 Å². The quantitative estimate of drug-likeness (QED) is 0.469. The predicted octanol–water partition coefficient (Wildman–Crippen LogP) is 2.36. The summed E-state index contributed by atoms with van der Waals surface area (Å²) in [5, 5.41) is 3.52. The number of rotatable bonds is 2. The highest BCUT2D eigenvalue weighted by molar-refractivity contribution is 5.80. The molecular weight excluding hydrogens is 198 g/mol. The van der Waals surface area contributed by atoms with Crippen LogP contribution in [-0.4, -0.2) is 19.3 Å². The van der Waals surface area contributed by atoms with Crippen molar-refractivity contribution in [3.63, 3.8) is 0 Å². The highest BCUT2D eigenvalue weighted by Crippen LogP contribution is 2.19. The van der Waals surface area contributed by atoms with Crippen LogP contribution in [-0.2, 0) is 0 Å². The lowest BCUT2D eigenvalue weighted by Crippen LogP contribution is -2.23. The molecule has 86 valence electrons. The summed E-state index contributed by atoms with van der Waals surface area (Å²) < 4.78 is 0. The molecular formula is C13H19N3. The number of nitrogens with two attached hydrogens (primary N) is 1. The average Bonchev–Trinajstić information content (AvgIpc) is 2.59. The molecule has 1 aromatic carbocycles. The van der Waals surface area contributed by atoms with Crippen molar-refractivity contribution in [2.75, 3.05) is 18.0 Å². The van der Waals surface area contributed by atoms with Crippen LogP contribution in [0.2, 0.25) is 0 Å². The van der Waals surface area contributed by atoms with Crippen molar-refractivity contribution in [3.8, 4) is 0 Å². The first-order chi connectivity index (χ1) is 7.90. The molecule has 3 nitrogen and oxygen atoms in total. The van der Waals surface area contributed by atoms with Gasteiger partial charge in [-0.3, -0.25) is 0 Å². The molecule has 0 bridgehead atoms. The van der Waals surface area contributed by atoms with E-state index in [4.69, 9.17) is 5.84 Å². The predicted molar refractivity (Wildman–Crippen MR) is 68.9 cm³/mol. The Morgan fingerprint density at radius 2 is 1.62 bits per heavy atom. The topological polar surface area (TPSA) is 41.6 Å². The Morgan fingerprint density at radius 3 is 2.19 bits per heavy atom. The fraction of sp³-hybridized carbons (Fsp3) is 0.462. The van der Waals surface area contributed by atoms with Crippen LogP contribution in [0.4, 0.5) is 5.69 Å². The molecule has 0 atom stereocenters. The molecule has 2 N–H and O–H groups in total. The smallest absolute Gasteiger partial charge is 0.0538 e. The van der Waals surface area contributed by atoms with Gasteiger partial charge in [-0.15, -0.1) is 0 Å². The zero-order valence-corrected chi connectivity index (χ0v) is 9.60. The minimum absolute atomic E-state index is 1.06. The first kappa shape index (κ1) is 11.0. The van der Waals surface area contributed by atoms with E-state index >= 15 is 0 Å². The second-order valence-electron chi connectivity index (χ2n) is 4.27. The summed E-state index contributed by atoms with van der Waals surface area (Å²) in [6.45, 7) is 2.37. The van der Waals surface area contributed by atoms with Crippen molar-refractivity contribution in [3.05, 3.63) is 29.8 Å². The summed E-state index contributed by atoms with van der Waals surface area (Å²) in [7, 11) is 0. The molecule has 0 saturated carbocycles. The van der Waals surface area contributed by atoms with Crippen molar-refractivity contribution in [1.29, 1.82) is 0 Å². The Balaban J connectivity index is 2.07. The number of hydrogen-bond donors (Lipinski definition) is 1. The summed E-state index contributed by atoms with van der Waals surface area (Å²) in [4.78, 5) is 2.47. The summed E-state index contributed by atoms with van der Waals surface area (Å²) in [5.74, 6) is 5.12. The molecule has 0 aliphatic carbocycles. The summed E-state index contributed by atoms with van der Waals surface area (Å²) in [6, 6.07) is 8.44. The molecule has 16 heavy (non-hydrogen) atoms. The van der Waals surface area contributed by atoms with E-state index in [0.717, 1.165) is 5.56 Å². The molecule has 3 heteroatoms. The van der Waals surface area contributed by atoms with Crippen molar-refractivity contribution in [2.24, 2.45) is 10.9 Å². The van der Waals surface area contributed by atoms with E-state index in [1.807, 2.05) is 0 Å². The normalized spacial score (nSPS) is 17.6. The third kappa shape index (κ3) is 2.75. The van der Waals surface area contributed by atoms with Crippen molar-refractivity contribution in [2.45, 2.75) is 25.7 Å². The highest BCUT2D eigenvalue weighted by atomic mass is 15.1. The lowest BCUT2D eigenvalue weighted by molar-refractivity contribution is 0.726. The van der Waals surface area contributed by atoms with Gasteiger partial charge in [0.2, 0.25) is 0 Å². The molecule has 0 amide bonds. The van der Waals surface area contributed by atoms with E-state index in [9.17, 15) is 0 Å². The lowest BCUT2D eigenvalue weighted by atomic mass is 10.2. The molecule has 1 heterocycles. The van der Waals surface area contributed by atoms with E-state index < -0.39 is 0 Å². The van der Waals surface area contributed by atoms with Gasteiger partial charge < -0.3 is 10.7 Å². The average molecular weight is 217 g/mol. The lowest BCUT2D eigenvalue weighted by Gasteiger charge is -2.22. The molecule has 2 rings (SSSR count). The van der Waals surface area contributed by atoms with E-state index in [1.54, 1.807) is 6.21 Å². The van der Waals surface area contributed by atoms with Crippen molar-refractivity contribution < 1.29 is 0 Å². The summed E-state index contributed by atoms with van der Waals surface area (Å²) in [5.41, 5.74) is 2.37. The molecule has 1 aliphatic heterocycles. The van der Waals surface area contributed by atoms with Gasteiger partial charge in [0.1, 0.15) is 0 Å². The molecule has 1 aromatic rings. The van der Waals surface area contributed by atoms with Crippen LogP contribution < -0.4 is 10.7 Å². The van der Waals surface area contributed by atoms with Crippen LogP contribution in [0.5, 0.6) is 0 Å². The summed E-state index contributed by atoms with van der Waals surface area (Å²) in [6.07, 6.45) is 7.03. The Hall–Kier alpha value is -1.51. The van der Waals surface area contributed by atoms with Gasteiger partial charge in [0.05, 0.1) is 6.21 Å². The number of hydrazone groups is 1. The maximum atomic E-state index is 5.12. The SMILES string of the molecule is N/N=C\c1ccc(N2CCCCCC2)cc1. The van der Waals surface area contributed by atoms with E-state index in [2.05, 4.69) is 34.3 Å². The summed E-state index contributed by atoms with van der Waals surface area (Å²) >= 11 is 0. The van der Waals surface area contributed by atoms with Gasteiger partial charge in [-0.05, 0) is 30.5 Å². The van der Waals surface area contributed by atoms with Gasteiger partial charge in [0.25, 0.3) is 0 Å². The minimum Gasteiger partial charge on any atom is -0.372 e. The Labute approximate surface area is 96.9 Å². The standard InChI is InChI=1S/C13H19N3/c14-15-11-12-5-7-13(8-6-12)16-9-3-1-2-4-10-16/h5-8,11H,1-4,9-10,14H2/b15-11-. The Kier molecular flexibility index (Phi) is 3.81. The first-order valence-electron chi connectivity index (χ1n) is 5.98. The van der Waals surface area contributed by atoms with E-state index in [0.29, 0.717) is 0 Å². The van der Waals surface area contributed by atoms with Gasteiger partial charge >= 0.3 is 0 Å². The second kappa shape index (κ2) is 5.54. The maximum absolute atomic E-state index is 5.12. The Morgan fingerprint density at radius 1 is 1.00 bits per heavy atom. The van der Waals surface area contributed by atoms with Crippen molar-refractivity contribution >= 4 is 11.9 Å². The largest absolute Gasteiger partial charge is 0.372 e. The monoisotopic (exact) mass is 217 g/mol. The second-order valence-corrected chi connectivity index (χ2v) is 4.27. The molecule has 0 spiro atoms. The fourth-order valence-electron chi connectivity index (χ4n) is 2.19. The molecule has 0 unspecified atom stereocenters. The van der Waals surface area contributed by atoms with Crippen LogP contribution in [0.25, 0.3) is 0 Å². The molecule has 0 aromatic heterocycles. The third-order valence-electron chi connectivity index (χ3n) is 3.09. The van der Waals surface area contributed by atoms with Gasteiger partial charge in [-0.25, -0.2) is 0 Å². The zero-order valence-electron chi connectivity index (χ0n) is 9.60. The fourth-order valence-corrected chi connectivity index (χ4v) is 2.19.